The van der Waals surface area contributed by atoms with E-state index in [9.17, 15) is 4.79 Å². The molecule has 0 atom stereocenters. The number of rotatable bonds is 3. The topological polar surface area (TPSA) is 70.1 Å². The monoisotopic (exact) mass is 245 g/mol. The van der Waals surface area contributed by atoms with Crippen molar-refractivity contribution >= 4 is 11.7 Å². The summed E-state index contributed by atoms with van der Waals surface area (Å²) in [6.07, 6.45) is 1.72. The van der Waals surface area contributed by atoms with Crippen LogP contribution in [0.2, 0.25) is 0 Å². The number of ether oxygens (including phenoxy) is 1. The molecule has 0 spiro atoms. The largest absolute Gasteiger partial charge is 0.465 e. The maximum Gasteiger partial charge on any atom is 0.340 e. The number of nitrogens with zero attached hydrogens (tertiary/aromatic N) is 2. The second-order valence-corrected chi connectivity index (χ2v) is 4.00. The number of esters is 1. The van der Waals surface area contributed by atoms with E-state index in [0.29, 0.717) is 17.8 Å². The number of methoxy groups -OCH3 is 1. The first-order valence-electron chi connectivity index (χ1n) is 5.57. The number of nitrogens with two attached hydrogens (primary N) is 1. The number of aryl methyl sites for hydroxylation is 1. The molecule has 18 heavy (non-hydrogen) atoms. The highest BCUT2D eigenvalue weighted by Gasteiger charge is 2.15. The van der Waals surface area contributed by atoms with E-state index in [0.717, 1.165) is 11.3 Å². The number of carbonyl (C=O) groups excluding carboxylic acids is 1. The predicted molar refractivity (Wildman–Crippen MR) is 68.3 cm³/mol. The molecule has 1 heterocycles. The third-order valence-electron chi connectivity index (χ3n) is 2.82. The molecule has 2 rings (SSSR count). The molecule has 0 fully saturated rings. The van der Waals surface area contributed by atoms with Gasteiger partial charge in [-0.2, -0.15) is 5.10 Å². The lowest BCUT2D eigenvalue weighted by Crippen LogP contribution is -2.13. The van der Waals surface area contributed by atoms with Crippen LogP contribution >= 0.6 is 0 Å². The van der Waals surface area contributed by atoms with Gasteiger partial charge in [-0.05, 0) is 24.6 Å². The van der Waals surface area contributed by atoms with Crippen LogP contribution in [-0.4, -0.2) is 22.9 Å². The molecule has 94 valence electrons. The second-order valence-electron chi connectivity index (χ2n) is 4.00. The third-order valence-corrected chi connectivity index (χ3v) is 2.82. The highest BCUT2D eigenvalue weighted by atomic mass is 16.5. The van der Waals surface area contributed by atoms with E-state index in [1.54, 1.807) is 16.9 Å². The van der Waals surface area contributed by atoms with Crippen molar-refractivity contribution in [1.82, 2.24) is 9.78 Å². The lowest BCUT2D eigenvalue weighted by molar-refractivity contribution is 0.0600. The Morgan fingerprint density at radius 3 is 2.83 bits per heavy atom. The smallest absolute Gasteiger partial charge is 0.340 e. The van der Waals surface area contributed by atoms with Crippen LogP contribution in [0.4, 0.5) is 5.69 Å². The zero-order valence-corrected chi connectivity index (χ0v) is 10.4. The SMILES string of the molecule is COC(=O)c1c(N)cccc1Cn1nccc1C. The molecule has 2 aromatic rings. The average Bonchev–Trinajstić information content (AvgIpc) is 2.74. The van der Waals surface area contributed by atoms with Crippen molar-refractivity contribution in [1.29, 1.82) is 0 Å². The summed E-state index contributed by atoms with van der Waals surface area (Å²) in [6, 6.07) is 7.26. The second kappa shape index (κ2) is 4.91. The first-order chi connectivity index (χ1) is 8.63. The Morgan fingerprint density at radius 1 is 1.44 bits per heavy atom. The molecule has 0 radical (unpaired) electrons. The summed E-state index contributed by atoms with van der Waals surface area (Å²) in [5.74, 6) is -0.423. The molecule has 0 aliphatic heterocycles. The van der Waals surface area contributed by atoms with Crippen molar-refractivity contribution in [3.05, 3.63) is 47.3 Å². The van der Waals surface area contributed by atoms with Gasteiger partial charge in [-0.15, -0.1) is 0 Å². The Bertz CT molecular complexity index is 575. The van der Waals surface area contributed by atoms with Crippen molar-refractivity contribution in [3.63, 3.8) is 0 Å². The fraction of sp³-hybridized carbons (Fsp3) is 0.231. The molecule has 0 bridgehead atoms. The average molecular weight is 245 g/mol. The lowest BCUT2D eigenvalue weighted by atomic mass is 10.1. The van der Waals surface area contributed by atoms with E-state index in [2.05, 4.69) is 5.10 Å². The van der Waals surface area contributed by atoms with Crippen molar-refractivity contribution < 1.29 is 9.53 Å². The Kier molecular flexibility index (Phi) is 3.32. The Morgan fingerprint density at radius 2 is 2.22 bits per heavy atom. The van der Waals surface area contributed by atoms with Crippen LogP contribution in [-0.2, 0) is 11.3 Å². The van der Waals surface area contributed by atoms with Crippen LogP contribution in [0.25, 0.3) is 0 Å². The van der Waals surface area contributed by atoms with E-state index in [1.165, 1.54) is 7.11 Å². The summed E-state index contributed by atoms with van der Waals surface area (Å²) >= 11 is 0. The van der Waals surface area contributed by atoms with E-state index in [-0.39, 0.29) is 0 Å². The quantitative estimate of drug-likeness (QED) is 0.658. The van der Waals surface area contributed by atoms with Gasteiger partial charge in [-0.25, -0.2) is 4.79 Å². The molecule has 1 aromatic carbocycles. The van der Waals surface area contributed by atoms with Gasteiger partial charge >= 0.3 is 5.97 Å². The Labute approximate surface area is 105 Å². The van der Waals surface area contributed by atoms with Gasteiger partial charge in [0, 0.05) is 17.6 Å². The van der Waals surface area contributed by atoms with Crippen molar-refractivity contribution in [2.45, 2.75) is 13.5 Å². The van der Waals surface area contributed by atoms with E-state index in [1.807, 2.05) is 25.1 Å². The van der Waals surface area contributed by atoms with E-state index >= 15 is 0 Å². The summed E-state index contributed by atoms with van der Waals surface area (Å²) in [5.41, 5.74) is 8.49. The number of carbonyl (C=O) groups is 1. The van der Waals surface area contributed by atoms with Gasteiger partial charge in [-0.3, -0.25) is 4.68 Å². The number of aromatic nitrogens is 2. The molecule has 0 aliphatic carbocycles. The van der Waals surface area contributed by atoms with Gasteiger partial charge in [0.05, 0.1) is 19.2 Å². The normalized spacial score (nSPS) is 10.3. The molecular formula is C13H15N3O2. The fourth-order valence-electron chi connectivity index (χ4n) is 1.83. The summed E-state index contributed by atoms with van der Waals surface area (Å²) in [5, 5.41) is 4.19. The maximum absolute atomic E-state index is 11.7. The number of benzene rings is 1. The molecule has 0 saturated carbocycles. The number of hydrogen-bond acceptors (Lipinski definition) is 4. The van der Waals surface area contributed by atoms with E-state index < -0.39 is 5.97 Å². The Balaban J connectivity index is 2.42. The van der Waals surface area contributed by atoms with Gasteiger partial charge < -0.3 is 10.5 Å². The van der Waals surface area contributed by atoms with Gasteiger partial charge in [0.1, 0.15) is 0 Å². The molecule has 5 nitrogen and oxygen atoms in total. The summed E-state index contributed by atoms with van der Waals surface area (Å²) in [6.45, 7) is 2.45. The van der Waals surface area contributed by atoms with Gasteiger partial charge in [0.2, 0.25) is 0 Å². The van der Waals surface area contributed by atoms with E-state index in [4.69, 9.17) is 10.5 Å². The Hall–Kier alpha value is -2.30. The lowest BCUT2D eigenvalue weighted by Gasteiger charge is -2.11. The summed E-state index contributed by atoms with van der Waals surface area (Å²) < 4.78 is 6.57. The van der Waals surface area contributed by atoms with Gasteiger partial charge in [0.25, 0.3) is 0 Å². The summed E-state index contributed by atoms with van der Waals surface area (Å²) in [7, 11) is 1.34. The predicted octanol–water partition coefficient (Wildman–Crippen LogP) is 1.61. The van der Waals surface area contributed by atoms with Crippen molar-refractivity contribution in [3.8, 4) is 0 Å². The molecule has 0 aliphatic rings. The molecule has 2 N–H and O–H groups in total. The number of hydrogen-bond donors (Lipinski definition) is 1. The minimum absolute atomic E-state index is 0.412. The molecule has 0 unspecified atom stereocenters. The standard InChI is InChI=1S/C13H15N3O2/c1-9-6-7-15-16(9)8-10-4-3-5-11(14)12(10)13(17)18-2/h3-7H,8,14H2,1-2H3. The molecular weight excluding hydrogens is 230 g/mol. The van der Waals surface area contributed by atoms with Crippen LogP contribution in [0, 0.1) is 6.92 Å². The van der Waals surface area contributed by atoms with Crippen LogP contribution in [0.15, 0.2) is 30.5 Å². The fourth-order valence-corrected chi connectivity index (χ4v) is 1.83. The highest BCUT2D eigenvalue weighted by molar-refractivity contribution is 5.96. The zero-order chi connectivity index (χ0) is 13.1. The minimum Gasteiger partial charge on any atom is -0.465 e. The van der Waals surface area contributed by atoms with Crippen LogP contribution in [0.3, 0.4) is 0 Å². The third kappa shape index (κ3) is 2.20. The molecule has 5 heteroatoms. The summed E-state index contributed by atoms with van der Waals surface area (Å²) in [4.78, 5) is 11.7. The first kappa shape index (κ1) is 12.2. The maximum atomic E-state index is 11.7. The van der Waals surface area contributed by atoms with Crippen LogP contribution < -0.4 is 5.73 Å². The van der Waals surface area contributed by atoms with Gasteiger partial charge in [-0.1, -0.05) is 12.1 Å². The first-order valence-corrected chi connectivity index (χ1v) is 5.57. The zero-order valence-electron chi connectivity index (χ0n) is 10.4. The van der Waals surface area contributed by atoms with Crippen molar-refractivity contribution in [2.75, 3.05) is 12.8 Å². The molecule has 1 aromatic heterocycles. The molecule has 0 saturated heterocycles. The van der Waals surface area contributed by atoms with Crippen molar-refractivity contribution in [2.24, 2.45) is 0 Å². The number of anilines is 1. The number of nitrogen functional groups attached to an aromatic ring is 1. The van der Waals surface area contributed by atoms with Gasteiger partial charge in [0.15, 0.2) is 0 Å². The molecule has 0 amide bonds. The minimum atomic E-state index is -0.423. The van der Waals surface area contributed by atoms with Crippen LogP contribution in [0.5, 0.6) is 0 Å². The van der Waals surface area contributed by atoms with Crippen LogP contribution in [0.1, 0.15) is 21.6 Å². The highest BCUT2D eigenvalue weighted by Crippen LogP contribution is 2.19.